The third kappa shape index (κ3) is 4.56. The van der Waals surface area contributed by atoms with Crippen molar-refractivity contribution in [3.63, 3.8) is 0 Å². The van der Waals surface area contributed by atoms with E-state index in [1.807, 2.05) is 0 Å². The van der Waals surface area contributed by atoms with Gasteiger partial charge >= 0.3 is 0 Å². The predicted octanol–water partition coefficient (Wildman–Crippen LogP) is 4.21. The predicted molar refractivity (Wildman–Crippen MR) is 152 cm³/mol. The quantitative estimate of drug-likeness (QED) is 0.263. The molecule has 2 aliphatic rings. The van der Waals surface area contributed by atoms with E-state index in [-0.39, 0.29) is 48.6 Å². The summed E-state index contributed by atoms with van der Waals surface area (Å²) < 4.78 is 21.7. The number of methoxy groups -OCH3 is 2. The molecule has 0 unspecified atom stereocenters. The summed E-state index contributed by atoms with van der Waals surface area (Å²) in [6, 6.07) is 20.1. The Bertz CT molecular complexity index is 1530. The highest BCUT2D eigenvalue weighted by molar-refractivity contribution is 6.33. The molecule has 0 saturated heterocycles. The smallest absolute Gasteiger partial charge is 0.261 e. The van der Waals surface area contributed by atoms with Crippen molar-refractivity contribution >= 4 is 34.4 Å². The van der Waals surface area contributed by atoms with Gasteiger partial charge in [0.05, 0.1) is 27.3 Å². The molecule has 2 heterocycles. The molecule has 42 heavy (non-hydrogen) atoms. The van der Waals surface area contributed by atoms with Gasteiger partial charge < -0.3 is 18.9 Å². The van der Waals surface area contributed by atoms with Crippen LogP contribution in [0.1, 0.15) is 41.4 Å². The van der Waals surface area contributed by atoms with Crippen molar-refractivity contribution in [2.45, 2.75) is 0 Å². The van der Waals surface area contributed by atoms with Crippen molar-refractivity contribution in [1.29, 1.82) is 0 Å². The second kappa shape index (κ2) is 10.9. The minimum Gasteiger partial charge on any atom is -0.497 e. The summed E-state index contributed by atoms with van der Waals surface area (Å²) in [5, 5.41) is 0.645. The van der Waals surface area contributed by atoms with Gasteiger partial charge in [0.2, 0.25) is 0 Å². The van der Waals surface area contributed by atoms with Crippen LogP contribution >= 0.6 is 0 Å². The molecule has 4 aromatic rings. The minimum atomic E-state index is -0.509. The van der Waals surface area contributed by atoms with E-state index in [4.69, 9.17) is 18.9 Å². The number of benzene rings is 4. The first kappa shape index (κ1) is 26.8. The Balaban J connectivity index is 1.20. The zero-order chi connectivity index (χ0) is 29.4. The lowest BCUT2D eigenvalue weighted by atomic mass is 9.86. The van der Waals surface area contributed by atoms with Crippen molar-refractivity contribution in [2.75, 3.05) is 40.5 Å². The number of hydrogen-bond acceptors (Lipinski definition) is 8. The third-order valence-electron chi connectivity index (χ3n) is 7.35. The molecule has 212 valence electrons. The van der Waals surface area contributed by atoms with Crippen molar-refractivity contribution in [3.05, 3.63) is 95.1 Å². The minimum absolute atomic E-state index is 0.0218. The molecule has 0 fully saturated rings. The first-order chi connectivity index (χ1) is 20.4. The van der Waals surface area contributed by atoms with Gasteiger partial charge in [-0.2, -0.15) is 0 Å². The fraction of sp³-hybridized carbons (Fsp3) is 0.188. The monoisotopic (exact) mass is 566 g/mol. The number of amides is 4. The molecule has 4 amide bonds. The lowest BCUT2D eigenvalue weighted by Gasteiger charge is -2.31. The maximum absolute atomic E-state index is 13.4. The fourth-order valence-corrected chi connectivity index (χ4v) is 5.23. The summed E-state index contributed by atoms with van der Waals surface area (Å²) in [7, 11) is 3.14. The average molecular weight is 567 g/mol. The Hall–Kier alpha value is -5.38. The Morgan fingerprint density at radius 1 is 0.452 bits per heavy atom. The summed E-state index contributed by atoms with van der Waals surface area (Å²) in [5.74, 6) is 0.471. The molecule has 10 heteroatoms. The SMILES string of the molecule is COc1ccc(OCCN2C(=O)c3ccc4c5c(ccc(c35)C2=O)C(=O)N(CCOc2ccc(OC)cc2)C4=O)cc1. The Kier molecular flexibility index (Phi) is 6.95. The molecule has 0 saturated carbocycles. The number of hydrogen-bond donors (Lipinski definition) is 0. The van der Waals surface area contributed by atoms with Gasteiger partial charge in [-0.3, -0.25) is 29.0 Å². The van der Waals surface area contributed by atoms with Crippen molar-refractivity contribution in [3.8, 4) is 23.0 Å². The number of imide groups is 2. The third-order valence-corrected chi connectivity index (χ3v) is 7.35. The van der Waals surface area contributed by atoms with E-state index in [0.717, 1.165) is 9.80 Å². The number of carbonyl (C=O) groups is 4. The average Bonchev–Trinajstić information content (AvgIpc) is 3.02. The summed E-state index contributed by atoms with van der Waals surface area (Å²) in [6.45, 7) is 0.216. The Labute approximate surface area is 240 Å². The molecule has 10 nitrogen and oxygen atoms in total. The van der Waals surface area contributed by atoms with E-state index in [2.05, 4.69) is 0 Å². The van der Waals surface area contributed by atoms with Crippen LogP contribution in [-0.2, 0) is 0 Å². The Morgan fingerprint density at radius 3 is 1.02 bits per heavy atom. The fourth-order valence-electron chi connectivity index (χ4n) is 5.23. The van der Waals surface area contributed by atoms with Crippen LogP contribution in [0.5, 0.6) is 23.0 Å². The zero-order valence-electron chi connectivity index (χ0n) is 22.9. The lowest BCUT2D eigenvalue weighted by molar-refractivity contribution is 0.0567. The van der Waals surface area contributed by atoms with E-state index in [1.54, 1.807) is 62.8 Å². The van der Waals surface area contributed by atoms with Gasteiger partial charge in [-0.15, -0.1) is 0 Å². The largest absolute Gasteiger partial charge is 0.497 e. The van der Waals surface area contributed by atoms with Gasteiger partial charge in [0.25, 0.3) is 23.6 Å². The molecule has 0 spiro atoms. The molecule has 0 atom stereocenters. The number of rotatable bonds is 10. The summed E-state index contributed by atoms with van der Waals surface area (Å²) in [4.78, 5) is 56.0. The molecular weight excluding hydrogens is 540 g/mol. The standard InChI is InChI=1S/C32H26N2O8/c1-39-19-3-7-21(8-4-19)41-17-15-33-29(35)23-11-13-25-28-26(14-12-24(27(23)28)30(33)36)32(38)34(31(25)37)16-18-42-22-9-5-20(40-2)6-10-22/h3-14H,15-18H2,1-2H3. The summed E-state index contributed by atoms with van der Waals surface area (Å²) in [5.41, 5.74) is 1.02. The maximum Gasteiger partial charge on any atom is 0.261 e. The summed E-state index contributed by atoms with van der Waals surface area (Å²) >= 11 is 0. The van der Waals surface area contributed by atoms with Crippen LogP contribution in [-0.4, -0.2) is 74.0 Å². The first-order valence-corrected chi connectivity index (χ1v) is 13.3. The van der Waals surface area contributed by atoms with E-state index in [1.165, 1.54) is 24.3 Å². The molecule has 6 rings (SSSR count). The van der Waals surface area contributed by atoms with Gasteiger partial charge in [0.15, 0.2) is 0 Å². The summed E-state index contributed by atoms with van der Waals surface area (Å²) in [6.07, 6.45) is 0. The molecule has 4 aromatic carbocycles. The van der Waals surface area contributed by atoms with E-state index in [0.29, 0.717) is 33.8 Å². The van der Waals surface area contributed by atoms with Crippen LogP contribution in [0.25, 0.3) is 10.8 Å². The molecule has 2 aliphatic heterocycles. The topological polar surface area (TPSA) is 112 Å². The zero-order valence-corrected chi connectivity index (χ0v) is 22.9. The lowest BCUT2D eigenvalue weighted by Crippen LogP contribution is -2.45. The van der Waals surface area contributed by atoms with Crippen molar-refractivity contribution in [1.82, 2.24) is 9.80 Å². The van der Waals surface area contributed by atoms with Gasteiger partial charge in [-0.05, 0) is 72.8 Å². The molecule has 0 N–H and O–H groups in total. The van der Waals surface area contributed by atoms with Crippen LogP contribution in [0, 0.1) is 0 Å². The van der Waals surface area contributed by atoms with Crippen LogP contribution in [0.2, 0.25) is 0 Å². The van der Waals surface area contributed by atoms with Crippen LogP contribution in [0.3, 0.4) is 0 Å². The first-order valence-electron chi connectivity index (χ1n) is 13.3. The van der Waals surface area contributed by atoms with Crippen LogP contribution in [0.15, 0.2) is 72.8 Å². The highest BCUT2D eigenvalue weighted by Gasteiger charge is 2.39. The second-order valence-electron chi connectivity index (χ2n) is 9.64. The number of ether oxygens (including phenoxy) is 4. The normalized spacial score (nSPS) is 14.0. The van der Waals surface area contributed by atoms with Gasteiger partial charge in [-0.1, -0.05) is 0 Å². The molecule has 0 aliphatic carbocycles. The van der Waals surface area contributed by atoms with Crippen molar-refractivity contribution < 1.29 is 38.1 Å². The maximum atomic E-state index is 13.4. The number of nitrogens with zero attached hydrogens (tertiary/aromatic N) is 2. The van der Waals surface area contributed by atoms with Gasteiger partial charge in [0, 0.05) is 33.0 Å². The van der Waals surface area contributed by atoms with E-state index in [9.17, 15) is 19.2 Å². The highest BCUT2D eigenvalue weighted by Crippen LogP contribution is 2.37. The van der Waals surface area contributed by atoms with Crippen LogP contribution in [0.4, 0.5) is 0 Å². The van der Waals surface area contributed by atoms with Crippen LogP contribution < -0.4 is 18.9 Å². The van der Waals surface area contributed by atoms with E-state index < -0.39 is 23.6 Å². The van der Waals surface area contributed by atoms with Gasteiger partial charge in [-0.25, -0.2) is 0 Å². The Morgan fingerprint density at radius 2 is 0.738 bits per heavy atom. The molecular formula is C32H26N2O8. The van der Waals surface area contributed by atoms with Crippen molar-refractivity contribution in [2.24, 2.45) is 0 Å². The molecule has 0 aromatic heterocycles. The second-order valence-corrected chi connectivity index (χ2v) is 9.64. The molecule has 0 bridgehead atoms. The van der Waals surface area contributed by atoms with Gasteiger partial charge in [0.1, 0.15) is 36.2 Å². The molecule has 0 radical (unpaired) electrons. The van der Waals surface area contributed by atoms with E-state index >= 15 is 0 Å². The highest BCUT2D eigenvalue weighted by atomic mass is 16.5. The number of carbonyl (C=O) groups excluding carboxylic acids is 4.